The molecule has 0 radical (unpaired) electrons. The summed E-state index contributed by atoms with van der Waals surface area (Å²) < 4.78 is 35.4. The molecule has 0 amide bonds. The van der Waals surface area contributed by atoms with E-state index in [0.29, 0.717) is 0 Å². The van der Waals surface area contributed by atoms with Gasteiger partial charge in [-0.1, -0.05) is 6.07 Å². The quantitative estimate of drug-likeness (QED) is 0.813. The number of thiophene rings is 1. The van der Waals surface area contributed by atoms with Crippen molar-refractivity contribution >= 4 is 11.3 Å². The molecular weight excluding hydrogens is 199 g/mol. The molecule has 2 N–H and O–H groups in total. The summed E-state index contributed by atoms with van der Waals surface area (Å²) in [6.45, 7) is 0. The minimum atomic E-state index is -4.10. The first kappa shape index (κ1) is 10.5. The predicted molar refractivity (Wildman–Crippen MR) is 46.5 cm³/mol. The molecule has 0 aromatic carbocycles. The average Bonchev–Trinajstić information content (AvgIpc) is 2.50. The molecule has 5 heteroatoms. The molecule has 1 rings (SSSR count). The van der Waals surface area contributed by atoms with Gasteiger partial charge in [-0.2, -0.15) is 13.2 Å². The lowest BCUT2D eigenvalue weighted by Gasteiger charge is -2.10. The van der Waals surface area contributed by atoms with Crippen LogP contribution in [-0.4, -0.2) is 6.18 Å². The number of nitrogens with two attached hydrogens (primary N) is 1. The molecule has 0 fully saturated rings. The highest BCUT2D eigenvalue weighted by Crippen LogP contribution is 2.27. The summed E-state index contributed by atoms with van der Waals surface area (Å²) in [6, 6.07) is 3.06. The standard InChI is InChI=1S/C8H10F3NS/c9-8(10,11)4-3-6(12)7-2-1-5-13-7/h1-2,5-6H,3-4,12H2. The van der Waals surface area contributed by atoms with Crippen LogP contribution in [0, 0.1) is 0 Å². The van der Waals surface area contributed by atoms with Crippen LogP contribution >= 0.6 is 11.3 Å². The molecule has 74 valence electrons. The van der Waals surface area contributed by atoms with Gasteiger partial charge in [0, 0.05) is 17.3 Å². The number of rotatable bonds is 3. The van der Waals surface area contributed by atoms with Crippen LogP contribution in [0.25, 0.3) is 0 Å². The molecule has 1 nitrogen and oxygen atoms in total. The summed E-state index contributed by atoms with van der Waals surface area (Å²) in [5.41, 5.74) is 5.56. The van der Waals surface area contributed by atoms with Gasteiger partial charge in [0.2, 0.25) is 0 Å². The first-order valence-corrected chi connectivity index (χ1v) is 4.73. The van der Waals surface area contributed by atoms with E-state index in [1.165, 1.54) is 11.3 Å². The van der Waals surface area contributed by atoms with Gasteiger partial charge in [0.25, 0.3) is 0 Å². The van der Waals surface area contributed by atoms with Crippen LogP contribution in [0.2, 0.25) is 0 Å². The van der Waals surface area contributed by atoms with Gasteiger partial charge in [-0.3, -0.25) is 0 Å². The Kier molecular flexibility index (Phi) is 3.33. The lowest BCUT2D eigenvalue weighted by Crippen LogP contribution is -2.14. The van der Waals surface area contributed by atoms with E-state index in [9.17, 15) is 13.2 Å². The van der Waals surface area contributed by atoms with Crippen molar-refractivity contribution in [2.24, 2.45) is 5.73 Å². The van der Waals surface area contributed by atoms with E-state index in [-0.39, 0.29) is 6.42 Å². The topological polar surface area (TPSA) is 26.0 Å². The fourth-order valence-corrected chi connectivity index (χ4v) is 1.73. The highest BCUT2D eigenvalue weighted by Gasteiger charge is 2.27. The number of alkyl halides is 3. The van der Waals surface area contributed by atoms with Crippen molar-refractivity contribution in [3.05, 3.63) is 22.4 Å². The van der Waals surface area contributed by atoms with Crippen LogP contribution in [0.3, 0.4) is 0 Å². The fraction of sp³-hybridized carbons (Fsp3) is 0.500. The van der Waals surface area contributed by atoms with Gasteiger partial charge in [0.1, 0.15) is 0 Å². The van der Waals surface area contributed by atoms with Gasteiger partial charge in [0.05, 0.1) is 0 Å². The van der Waals surface area contributed by atoms with Crippen molar-refractivity contribution in [2.45, 2.75) is 25.1 Å². The van der Waals surface area contributed by atoms with Crippen LogP contribution < -0.4 is 5.73 Å². The highest BCUT2D eigenvalue weighted by atomic mass is 32.1. The first-order chi connectivity index (χ1) is 5.99. The molecule has 0 saturated carbocycles. The summed E-state index contributed by atoms with van der Waals surface area (Å²) in [6.07, 6.45) is -4.95. The molecule has 1 aromatic heterocycles. The third-order valence-corrected chi connectivity index (χ3v) is 2.65. The molecule has 1 atom stereocenters. The average molecular weight is 209 g/mol. The van der Waals surface area contributed by atoms with Crippen molar-refractivity contribution in [2.75, 3.05) is 0 Å². The Morgan fingerprint density at radius 1 is 1.46 bits per heavy atom. The molecule has 1 aromatic rings. The van der Waals surface area contributed by atoms with Crippen LogP contribution in [0.1, 0.15) is 23.8 Å². The minimum absolute atomic E-state index is 0.0377. The second-order valence-corrected chi connectivity index (χ2v) is 3.76. The normalized spacial score (nSPS) is 14.5. The monoisotopic (exact) mass is 209 g/mol. The van der Waals surface area contributed by atoms with Gasteiger partial charge in [-0.25, -0.2) is 0 Å². The maximum absolute atomic E-state index is 11.8. The van der Waals surface area contributed by atoms with Gasteiger partial charge in [-0.05, 0) is 17.9 Å². The van der Waals surface area contributed by atoms with Gasteiger partial charge in [0.15, 0.2) is 0 Å². The van der Waals surface area contributed by atoms with Gasteiger partial charge < -0.3 is 5.73 Å². The Morgan fingerprint density at radius 3 is 2.62 bits per heavy atom. The molecule has 0 spiro atoms. The van der Waals surface area contributed by atoms with Gasteiger partial charge in [-0.15, -0.1) is 11.3 Å². The molecule has 0 aliphatic heterocycles. The van der Waals surface area contributed by atoms with Crippen LogP contribution in [-0.2, 0) is 0 Å². The SMILES string of the molecule is NC(CCC(F)(F)F)c1cccs1. The lowest BCUT2D eigenvalue weighted by atomic mass is 10.1. The van der Waals surface area contributed by atoms with E-state index >= 15 is 0 Å². The molecule has 0 aliphatic rings. The van der Waals surface area contributed by atoms with E-state index in [2.05, 4.69) is 0 Å². The summed E-state index contributed by atoms with van der Waals surface area (Å²) in [5, 5.41) is 1.81. The Bertz CT molecular complexity index is 242. The third kappa shape index (κ3) is 3.78. The Morgan fingerprint density at radius 2 is 2.15 bits per heavy atom. The van der Waals surface area contributed by atoms with Crippen molar-refractivity contribution in [1.29, 1.82) is 0 Å². The molecule has 0 aliphatic carbocycles. The highest BCUT2D eigenvalue weighted by molar-refractivity contribution is 7.10. The van der Waals surface area contributed by atoms with Crippen LogP contribution in [0.5, 0.6) is 0 Å². The molecule has 0 bridgehead atoms. The van der Waals surface area contributed by atoms with Crippen LogP contribution in [0.15, 0.2) is 17.5 Å². The van der Waals surface area contributed by atoms with E-state index in [4.69, 9.17) is 5.73 Å². The largest absolute Gasteiger partial charge is 0.389 e. The maximum atomic E-state index is 11.8. The predicted octanol–water partition coefficient (Wildman–Crippen LogP) is 3.09. The second kappa shape index (κ2) is 4.11. The third-order valence-electron chi connectivity index (χ3n) is 1.65. The minimum Gasteiger partial charge on any atom is -0.323 e. The zero-order valence-corrected chi connectivity index (χ0v) is 7.66. The lowest BCUT2D eigenvalue weighted by molar-refractivity contribution is -0.136. The van der Waals surface area contributed by atoms with Gasteiger partial charge >= 0.3 is 6.18 Å². The summed E-state index contributed by atoms with van der Waals surface area (Å²) >= 11 is 1.39. The number of hydrogen-bond donors (Lipinski definition) is 1. The molecule has 13 heavy (non-hydrogen) atoms. The molecule has 1 unspecified atom stereocenters. The molecular formula is C8H10F3NS. The Hall–Kier alpha value is -0.550. The van der Waals surface area contributed by atoms with Crippen molar-refractivity contribution < 1.29 is 13.2 Å². The maximum Gasteiger partial charge on any atom is 0.389 e. The summed E-state index contributed by atoms with van der Waals surface area (Å²) in [5.74, 6) is 0. The Balaban J connectivity index is 2.39. The Labute approximate surface area is 78.4 Å². The number of halogens is 3. The second-order valence-electron chi connectivity index (χ2n) is 2.78. The van der Waals surface area contributed by atoms with Crippen LogP contribution in [0.4, 0.5) is 13.2 Å². The fourth-order valence-electron chi connectivity index (χ4n) is 0.964. The summed E-state index contributed by atoms with van der Waals surface area (Å²) in [7, 11) is 0. The van der Waals surface area contributed by atoms with Crippen molar-refractivity contribution in [3.63, 3.8) is 0 Å². The van der Waals surface area contributed by atoms with E-state index in [0.717, 1.165) is 4.88 Å². The molecule has 1 heterocycles. The van der Waals surface area contributed by atoms with Crippen molar-refractivity contribution in [3.8, 4) is 0 Å². The van der Waals surface area contributed by atoms with E-state index < -0.39 is 18.6 Å². The summed E-state index contributed by atoms with van der Waals surface area (Å²) in [4.78, 5) is 0.809. The van der Waals surface area contributed by atoms with E-state index in [1.807, 2.05) is 5.38 Å². The zero-order chi connectivity index (χ0) is 9.90. The smallest absolute Gasteiger partial charge is 0.323 e. The number of hydrogen-bond acceptors (Lipinski definition) is 2. The molecule has 0 saturated heterocycles. The van der Waals surface area contributed by atoms with Crippen molar-refractivity contribution in [1.82, 2.24) is 0 Å². The zero-order valence-electron chi connectivity index (χ0n) is 6.84. The first-order valence-electron chi connectivity index (χ1n) is 3.85. The van der Waals surface area contributed by atoms with E-state index in [1.54, 1.807) is 12.1 Å².